The van der Waals surface area contributed by atoms with Gasteiger partial charge in [-0.1, -0.05) is 18.2 Å². The van der Waals surface area contributed by atoms with Gasteiger partial charge >= 0.3 is 0 Å². The molecule has 0 amide bonds. The van der Waals surface area contributed by atoms with E-state index in [4.69, 9.17) is 0 Å². The third kappa shape index (κ3) is 2.93. The third-order valence-corrected chi connectivity index (χ3v) is 4.34. The zero-order valence-corrected chi connectivity index (χ0v) is 13.9. The topological polar surface area (TPSA) is 80.4 Å². The lowest BCUT2D eigenvalue weighted by atomic mass is 9.95. The summed E-state index contributed by atoms with van der Waals surface area (Å²) < 4.78 is 0. The van der Waals surface area contributed by atoms with E-state index in [9.17, 15) is 10.1 Å². The molecule has 26 heavy (non-hydrogen) atoms. The molecule has 1 N–H and O–H groups in total. The minimum Gasteiger partial charge on any atom is -0.383 e. The van der Waals surface area contributed by atoms with Crippen molar-refractivity contribution in [2.24, 2.45) is 4.99 Å². The molecule has 2 heterocycles. The van der Waals surface area contributed by atoms with Gasteiger partial charge in [0, 0.05) is 36.3 Å². The zero-order valence-electron chi connectivity index (χ0n) is 13.9. The van der Waals surface area contributed by atoms with Gasteiger partial charge in [0.25, 0.3) is 5.69 Å². The molecule has 4 rings (SSSR count). The van der Waals surface area contributed by atoms with Crippen LogP contribution in [0.15, 0.2) is 72.0 Å². The number of pyridine rings is 1. The molecule has 1 aliphatic heterocycles. The van der Waals surface area contributed by atoms with Crippen LogP contribution < -0.4 is 5.32 Å². The van der Waals surface area contributed by atoms with E-state index in [1.165, 1.54) is 6.07 Å². The molecule has 0 saturated carbocycles. The summed E-state index contributed by atoms with van der Waals surface area (Å²) in [5.74, 6) is 0. The minimum atomic E-state index is -0.359. The van der Waals surface area contributed by atoms with Gasteiger partial charge in [-0.05, 0) is 41.5 Å². The van der Waals surface area contributed by atoms with Gasteiger partial charge < -0.3 is 5.32 Å². The van der Waals surface area contributed by atoms with Crippen molar-refractivity contribution in [2.45, 2.75) is 0 Å². The quantitative estimate of drug-likeness (QED) is 0.577. The molecule has 128 valence electrons. The summed E-state index contributed by atoms with van der Waals surface area (Å²) in [6.07, 6.45) is 3.49. The zero-order chi connectivity index (χ0) is 17.9. The summed E-state index contributed by atoms with van der Waals surface area (Å²) in [5.41, 5.74) is 5.09. The monoisotopic (exact) mass is 344 g/mol. The second kappa shape index (κ2) is 6.76. The number of aromatic nitrogens is 1. The first-order chi connectivity index (χ1) is 12.7. The number of hydrogen-bond acceptors (Lipinski definition) is 5. The summed E-state index contributed by atoms with van der Waals surface area (Å²) in [6, 6.07) is 16.7. The molecule has 0 unspecified atom stereocenters. The van der Waals surface area contributed by atoms with Crippen LogP contribution in [0.25, 0.3) is 11.1 Å². The lowest BCUT2D eigenvalue weighted by molar-refractivity contribution is -0.385. The molecule has 0 atom stereocenters. The van der Waals surface area contributed by atoms with E-state index >= 15 is 0 Å². The number of aliphatic imine (C=N–C) groups is 1. The first-order valence-corrected chi connectivity index (χ1v) is 8.31. The highest BCUT2D eigenvalue weighted by Gasteiger charge is 2.22. The maximum atomic E-state index is 11.5. The molecule has 0 spiro atoms. The van der Waals surface area contributed by atoms with Crippen LogP contribution in [-0.4, -0.2) is 28.7 Å². The van der Waals surface area contributed by atoms with Crippen LogP contribution in [0.5, 0.6) is 0 Å². The molecule has 0 bridgehead atoms. The van der Waals surface area contributed by atoms with Gasteiger partial charge in [-0.2, -0.15) is 0 Å². The van der Waals surface area contributed by atoms with Crippen molar-refractivity contribution >= 4 is 17.1 Å². The van der Waals surface area contributed by atoms with E-state index in [1.807, 2.05) is 30.3 Å². The van der Waals surface area contributed by atoms with Crippen molar-refractivity contribution in [3.05, 3.63) is 88.2 Å². The third-order valence-electron chi connectivity index (χ3n) is 4.34. The fourth-order valence-corrected chi connectivity index (χ4v) is 3.13. The Kier molecular flexibility index (Phi) is 4.15. The highest BCUT2D eigenvalue weighted by molar-refractivity contribution is 6.18. The second-order valence-electron chi connectivity index (χ2n) is 5.93. The van der Waals surface area contributed by atoms with E-state index in [0.29, 0.717) is 24.4 Å². The van der Waals surface area contributed by atoms with E-state index in [0.717, 1.165) is 22.4 Å². The Morgan fingerprint density at radius 3 is 2.58 bits per heavy atom. The SMILES string of the molecule is O=[N+]([O-])c1ccccc1C1=NCCNc2ccc(-c3ccncc3)cc21. The molecule has 0 radical (unpaired) electrons. The number of rotatable bonds is 3. The van der Waals surface area contributed by atoms with Crippen LogP contribution in [-0.2, 0) is 0 Å². The van der Waals surface area contributed by atoms with E-state index in [2.05, 4.69) is 15.3 Å². The highest BCUT2D eigenvalue weighted by atomic mass is 16.6. The Hall–Kier alpha value is -3.54. The summed E-state index contributed by atoms with van der Waals surface area (Å²) in [7, 11) is 0. The fraction of sp³-hybridized carbons (Fsp3) is 0.100. The number of para-hydroxylation sites is 1. The number of benzodiazepines with no additional fused rings is 1. The highest BCUT2D eigenvalue weighted by Crippen LogP contribution is 2.31. The minimum absolute atomic E-state index is 0.0633. The molecule has 0 fully saturated rings. The number of anilines is 1. The Morgan fingerprint density at radius 1 is 0.962 bits per heavy atom. The molecular formula is C20H16N4O2. The molecule has 2 aromatic carbocycles. The largest absolute Gasteiger partial charge is 0.383 e. The predicted octanol–water partition coefficient (Wildman–Crippen LogP) is 3.92. The number of benzene rings is 2. The van der Waals surface area contributed by atoms with Crippen molar-refractivity contribution in [1.29, 1.82) is 0 Å². The summed E-state index contributed by atoms with van der Waals surface area (Å²) in [5, 5.41) is 14.8. The van der Waals surface area contributed by atoms with Crippen molar-refractivity contribution in [2.75, 3.05) is 18.4 Å². The van der Waals surface area contributed by atoms with E-state index in [-0.39, 0.29) is 10.6 Å². The average molecular weight is 344 g/mol. The first-order valence-electron chi connectivity index (χ1n) is 8.31. The summed E-state index contributed by atoms with van der Waals surface area (Å²) in [4.78, 5) is 19.8. The smallest absolute Gasteiger partial charge is 0.278 e. The number of hydrogen-bond donors (Lipinski definition) is 1. The van der Waals surface area contributed by atoms with Crippen LogP contribution in [0.2, 0.25) is 0 Å². The maximum absolute atomic E-state index is 11.5. The van der Waals surface area contributed by atoms with Gasteiger partial charge in [0.1, 0.15) is 0 Å². The molecule has 3 aromatic rings. The molecule has 1 aromatic heterocycles. The summed E-state index contributed by atoms with van der Waals surface area (Å²) >= 11 is 0. The van der Waals surface area contributed by atoms with Crippen molar-refractivity contribution in [1.82, 2.24) is 4.98 Å². The molecular weight excluding hydrogens is 328 g/mol. The number of nitrogens with zero attached hydrogens (tertiary/aromatic N) is 3. The number of nitro groups is 1. The van der Waals surface area contributed by atoms with Crippen LogP contribution in [0.1, 0.15) is 11.1 Å². The van der Waals surface area contributed by atoms with Gasteiger partial charge in [-0.25, -0.2) is 0 Å². The average Bonchev–Trinajstić information content (AvgIpc) is 2.90. The van der Waals surface area contributed by atoms with Crippen molar-refractivity contribution in [3.8, 4) is 11.1 Å². The lowest BCUT2D eigenvalue weighted by Gasteiger charge is -2.13. The van der Waals surface area contributed by atoms with E-state index in [1.54, 1.807) is 30.6 Å². The van der Waals surface area contributed by atoms with Gasteiger partial charge in [0.15, 0.2) is 0 Å². The van der Waals surface area contributed by atoms with E-state index < -0.39 is 0 Å². The fourth-order valence-electron chi connectivity index (χ4n) is 3.13. The number of fused-ring (bicyclic) bond motifs is 1. The predicted molar refractivity (Wildman–Crippen MR) is 102 cm³/mol. The van der Waals surface area contributed by atoms with Crippen molar-refractivity contribution < 1.29 is 4.92 Å². The Labute approximate surface area is 150 Å². The van der Waals surface area contributed by atoms with Crippen LogP contribution in [0.4, 0.5) is 11.4 Å². The van der Waals surface area contributed by atoms with Crippen LogP contribution in [0, 0.1) is 10.1 Å². The standard InChI is InChI=1S/C20H16N4O2/c25-24(26)19-4-2-1-3-16(19)20-17-13-15(14-7-9-21-10-8-14)5-6-18(17)22-11-12-23-20/h1-10,13,22H,11-12H2. The Balaban J connectivity index is 1.90. The van der Waals surface area contributed by atoms with Crippen molar-refractivity contribution in [3.63, 3.8) is 0 Å². The Morgan fingerprint density at radius 2 is 1.77 bits per heavy atom. The first kappa shape index (κ1) is 16.0. The van der Waals surface area contributed by atoms with Gasteiger partial charge in [0.2, 0.25) is 0 Å². The second-order valence-corrected chi connectivity index (χ2v) is 5.93. The van der Waals surface area contributed by atoms with Gasteiger partial charge in [-0.3, -0.25) is 20.1 Å². The maximum Gasteiger partial charge on any atom is 0.278 e. The van der Waals surface area contributed by atoms with Gasteiger partial charge in [0.05, 0.1) is 22.7 Å². The lowest BCUT2D eigenvalue weighted by Crippen LogP contribution is -2.08. The molecule has 0 saturated heterocycles. The van der Waals surface area contributed by atoms with Crippen LogP contribution >= 0.6 is 0 Å². The normalized spacial score (nSPS) is 13.2. The number of nitrogens with one attached hydrogen (secondary N) is 1. The molecule has 0 aliphatic carbocycles. The van der Waals surface area contributed by atoms with Gasteiger partial charge in [-0.15, -0.1) is 0 Å². The van der Waals surface area contributed by atoms with Crippen LogP contribution in [0.3, 0.4) is 0 Å². The molecule has 1 aliphatic rings. The Bertz CT molecular complexity index is 1000. The summed E-state index contributed by atoms with van der Waals surface area (Å²) in [6.45, 7) is 1.24. The molecule has 6 nitrogen and oxygen atoms in total. The number of nitro benzene ring substituents is 1. The molecule has 6 heteroatoms.